The quantitative estimate of drug-likeness (QED) is 0.613. The predicted molar refractivity (Wildman–Crippen MR) is 60.1 cm³/mol. The summed E-state index contributed by atoms with van der Waals surface area (Å²) in [5.41, 5.74) is 2.17. The first kappa shape index (κ1) is 11.3. The van der Waals surface area contributed by atoms with Crippen LogP contribution >= 0.6 is 0 Å². The van der Waals surface area contributed by atoms with Gasteiger partial charge in [-0.2, -0.15) is 0 Å². The summed E-state index contributed by atoms with van der Waals surface area (Å²) in [4.78, 5) is 34.5. The molecule has 1 aliphatic rings. The van der Waals surface area contributed by atoms with Gasteiger partial charge in [-0.1, -0.05) is 24.3 Å². The third-order valence-corrected chi connectivity index (χ3v) is 2.77. The molecule has 5 heteroatoms. The Labute approximate surface area is 98.4 Å². The van der Waals surface area contributed by atoms with Gasteiger partial charge in [-0.25, -0.2) is 4.79 Å². The summed E-state index contributed by atoms with van der Waals surface area (Å²) in [7, 11) is 0. The van der Waals surface area contributed by atoms with Crippen molar-refractivity contribution in [2.24, 2.45) is 0 Å². The maximum Gasteiger partial charge on any atom is 0.331 e. The number of nitrogens with one attached hydrogen (secondary N) is 1. The first-order chi connectivity index (χ1) is 8.09. The van der Waals surface area contributed by atoms with Gasteiger partial charge in [0, 0.05) is 6.54 Å². The van der Waals surface area contributed by atoms with Crippen molar-refractivity contribution in [1.82, 2.24) is 10.2 Å². The van der Waals surface area contributed by atoms with Crippen LogP contribution in [0.15, 0.2) is 24.3 Å². The average molecular weight is 232 g/mol. The van der Waals surface area contributed by atoms with E-state index in [0.29, 0.717) is 6.42 Å². The Morgan fingerprint density at radius 2 is 1.88 bits per heavy atom. The highest BCUT2D eigenvalue weighted by Gasteiger charge is 2.36. The lowest BCUT2D eigenvalue weighted by Gasteiger charge is -2.12. The van der Waals surface area contributed by atoms with Crippen LogP contribution in [-0.4, -0.2) is 29.3 Å². The van der Waals surface area contributed by atoms with Gasteiger partial charge < -0.3 is 0 Å². The van der Waals surface area contributed by atoms with E-state index in [1.54, 1.807) is 0 Å². The van der Waals surface area contributed by atoms with Crippen molar-refractivity contribution < 1.29 is 14.4 Å². The van der Waals surface area contributed by atoms with E-state index < -0.39 is 17.8 Å². The van der Waals surface area contributed by atoms with Crippen molar-refractivity contribution in [3.05, 3.63) is 35.4 Å². The number of nitrogens with zero attached hydrogens (tertiary/aromatic N) is 1. The number of carbonyl (C=O) groups excluding carboxylic acids is 3. The summed E-state index contributed by atoms with van der Waals surface area (Å²) < 4.78 is 0. The van der Waals surface area contributed by atoms with Crippen LogP contribution in [-0.2, 0) is 16.0 Å². The monoisotopic (exact) mass is 232 g/mol. The van der Waals surface area contributed by atoms with Crippen molar-refractivity contribution in [1.29, 1.82) is 0 Å². The summed E-state index contributed by atoms with van der Waals surface area (Å²) in [6.45, 7) is 2.19. The first-order valence-corrected chi connectivity index (χ1v) is 5.31. The number of hydrogen-bond donors (Lipinski definition) is 1. The van der Waals surface area contributed by atoms with E-state index in [0.717, 1.165) is 16.0 Å². The van der Waals surface area contributed by atoms with Gasteiger partial charge in [0.25, 0.3) is 0 Å². The van der Waals surface area contributed by atoms with Crippen molar-refractivity contribution in [2.75, 3.05) is 6.54 Å². The lowest BCUT2D eigenvalue weighted by atomic mass is 10.1. The molecule has 1 heterocycles. The zero-order chi connectivity index (χ0) is 12.4. The Bertz CT molecular complexity index is 496. The highest BCUT2D eigenvalue weighted by atomic mass is 16.2. The molecule has 17 heavy (non-hydrogen) atoms. The first-order valence-electron chi connectivity index (χ1n) is 5.31. The van der Waals surface area contributed by atoms with Crippen LogP contribution in [0.5, 0.6) is 0 Å². The summed E-state index contributed by atoms with van der Waals surface area (Å²) >= 11 is 0. The van der Waals surface area contributed by atoms with Crippen LogP contribution in [0.3, 0.4) is 0 Å². The molecule has 5 nitrogen and oxygen atoms in total. The lowest BCUT2D eigenvalue weighted by molar-refractivity contribution is -0.140. The van der Waals surface area contributed by atoms with Gasteiger partial charge in [0.15, 0.2) is 0 Å². The highest BCUT2D eigenvalue weighted by Crippen LogP contribution is 2.10. The number of aryl methyl sites for hydroxylation is 1. The summed E-state index contributed by atoms with van der Waals surface area (Å²) in [6, 6.07) is 7.10. The average Bonchev–Trinajstić information content (AvgIpc) is 2.53. The molecule has 2 rings (SSSR count). The van der Waals surface area contributed by atoms with Gasteiger partial charge >= 0.3 is 17.8 Å². The molecule has 0 saturated carbocycles. The molecule has 0 spiro atoms. The maximum atomic E-state index is 11.3. The Morgan fingerprint density at radius 1 is 1.18 bits per heavy atom. The summed E-state index contributed by atoms with van der Waals surface area (Å²) in [6.07, 6.45) is 0.555. The molecule has 0 aliphatic carbocycles. The fourth-order valence-corrected chi connectivity index (χ4v) is 1.76. The molecule has 0 aromatic heterocycles. The smallest absolute Gasteiger partial charge is 0.269 e. The highest BCUT2D eigenvalue weighted by molar-refractivity contribution is 6.44. The topological polar surface area (TPSA) is 66.5 Å². The Morgan fingerprint density at radius 3 is 2.47 bits per heavy atom. The largest absolute Gasteiger partial charge is 0.331 e. The number of rotatable bonds is 3. The molecule has 1 aliphatic heterocycles. The van der Waals surface area contributed by atoms with Crippen LogP contribution < -0.4 is 5.32 Å². The van der Waals surface area contributed by atoms with E-state index in [4.69, 9.17) is 0 Å². The summed E-state index contributed by atoms with van der Waals surface area (Å²) in [5, 5.41) is 1.97. The second-order valence-corrected chi connectivity index (χ2v) is 3.89. The minimum atomic E-state index is -0.847. The van der Waals surface area contributed by atoms with Crippen molar-refractivity contribution in [3.63, 3.8) is 0 Å². The molecule has 0 atom stereocenters. The molecule has 1 aromatic carbocycles. The van der Waals surface area contributed by atoms with Crippen molar-refractivity contribution in [3.8, 4) is 0 Å². The molecular weight excluding hydrogens is 220 g/mol. The standard InChI is InChI=1S/C12H12N2O3/c1-8-4-2-3-5-9(8)6-7-14-11(16)10(15)13-12(14)17/h2-5H,6-7H2,1H3,(H,13,15,17). The maximum absolute atomic E-state index is 11.3. The van der Waals surface area contributed by atoms with Crippen LogP contribution in [0.25, 0.3) is 0 Å². The third-order valence-electron chi connectivity index (χ3n) is 2.77. The number of urea groups is 1. The molecule has 0 radical (unpaired) electrons. The van der Waals surface area contributed by atoms with Crippen LogP contribution in [0, 0.1) is 6.92 Å². The van der Waals surface area contributed by atoms with Crippen molar-refractivity contribution >= 4 is 17.8 Å². The predicted octanol–water partition coefficient (Wildman–Crippen LogP) is 0.616. The van der Waals surface area contributed by atoms with Crippen LogP contribution in [0.4, 0.5) is 4.79 Å². The van der Waals surface area contributed by atoms with E-state index in [1.165, 1.54) is 0 Å². The van der Waals surface area contributed by atoms with Gasteiger partial charge in [0.2, 0.25) is 0 Å². The van der Waals surface area contributed by atoms with Gasteiger partial charge in [-0.15, -0.1) is 0 Å². The molecule has 0 bridgehead atoms. The number of amides is 4. The minimum absolute atomic E-state index is 0.223. The van der Waals surface area contributed by atoms with E-state index in [1.807, 2.05) is 36.5 Å². The zero-order valence-corrected chi connectivity index (χ0v) is 9.40. The van der Waals surface area contributed by atoms with Gasteiger partial charge in [0.1, 0.15) is 0 Å². The van der Waals surface area contributed by atoms with Crippen LogP contribution in [0.2, 0.25) is 0 Å². The second-order valence-electron chi connectivity index (χ2n) is 3.89. The molecule has 1 aromatic rings. The summed E-state index contributed by atoms with van der Waals surface area (Å²) in [5.74, 6) is -1.62. The van der Waals surface area contributed by atoms with E-state index >= 15 is 0 Å². The Kier molecular flexibility index (Phi) is 2.91. The molecule has 1 N–H and O–H groups in total. The number of benzene rings is 1. The SMILES string of the molecule is Cc1ccccc1CCN1C(=O)NC(=O)C1=O. The number of carbonyl (C=O) groups is 3. The van der Waals surface area contributed by atoms with Gasteiger partial charge in [0.05, 0.1) is 0 Å². The molecular formula is C12H12N2O3. The molecule has 88 valence electrons. The van der Waals surface area contributed by atoms with E-state index in [9.17, 15) is 14.4 Å². The molecule has 1 saturated heterocycles. The molecule has 4 amide bonds. The number of hydrogen-bond acceptors (Lipinski definition) is 3. The minimum Gasteiger partial charge on any atom is -0.269 e. The van der Waals surface area contributed by atoms with E-state index in [2.05, 4.69) is 0 Å². The molecule has 0 unspecified atom stereocenters. The fraction of sp³-hybridized carbons (Fsp3) is 0.250. The van der Waals surface area contributed by atoms with E-state index in [-0.39, 0.29) is 6.54 Å². The normalized spacial score (nSPS) is 15.4. The van der Waals surface area contributed by atoms with Crippen LogP contribution in [0.1, 0.15) is 11.1 Å². The van der Waals surface area contributed by atoms with Gasteiger partial charge in [-0.3, -0.25) is 19.8 Å². The zero-order valence-electron chi connectivity index (χ0n) is 9.40. The molecule has 1 fully saturated rings. The second kappa shape index (κ2) is 4.37. The Hall–Kier alpha value is -2.17. The lowest BCUT2D eigenvalue weighted by Crippen LogP contribution is -2.33. The number of imide groups is 2. The fourth-order valence-electron chi connectivity index (χ4n) is 1.76. The van der Waals surface area contributed by atoms with Crippen molar-refractivity contribution in [2.45, 2.75) is 13.3 Å². The Balaban J connectivity index is 2.04. The van der Waals surface area contributed by atoms with Gasteiger partial charge in [-0.05, 0) is 24.5 Å². The third kappa shape index (κ3) is 2.18.